The van der Waals surface area contributed by atoms with Gasteiger partial charge >= 0.3 is 0 Å². The lowest BCUT2D eigenvalue weighted by Crippen LogP contribution is -2.49. The largest absolute Gasteiger partial charge is 0.497 e. The molecule has 1 aliphatic rings. The molecule has 1 fully saturated rings. The summed E-state index contributed by atoms with van der Waals surface area (Å²) in [7, 11) is 3.22. The number of nitrogens with zero attached hydrogens (tertiary/aromatic N) is 1. The normalized spacial score (nSPS) is 19.5. The lowest BCUT2D eigenvalue weighted by atomic mass is 9.97. The quantitative estimate of drug-likeness (QED) is 0.788. The Kier molecular flexibility index (Phi) is 6.30. The molecule has 1 saturated heterocycles. The van der Waals surface area contributed by atoms with Crippen molar-refractivity contribution in [2.75, 3.05) is 27.3 Å². The highest BCUT2D eigenvalue weighted by Gasteiger charge is 2.36. The molecule has 2 atom stereocenters. The molecule has 140 valence electrons. The third kappa shape index (κ3) is 4.86. The van der Waals surface area contributed by atoms with Crippen molar-refractivity contribution >= 4 is 5.91 Å². The molecule has 1 heterocycles. The molecular formula is C19H30N2O4. The number of hydrogen-bond donors (Lipinski definition) is 2. The van der Waals surface area contributed by atoms with Gasteiger partial charge in [-0.2, -0.15) is 0 Å². The Balaban J connectivity index is 2.03. The van der Waals surface area contributed by atoms with E-state index in [-0.39, 0.29) is 24.5 Å². The molecule has 0 bridgehead atoms. The Morgan fingerprint density at radius 1 is 1.40 bits per heavy atom. The number of methoxy groups -OCH3 is 2. The summed E-state index contributed by atoms with van der Waals surface area (Å²) in [4.78, 5) is 14.6. The van der Waals surface area contributed by atoms with Crippen LogP contribution in [-0.4, -0.2) is 54.9 Å². The average Bonchev–Trinajstić information content (AvgIpc) is 3.02. The summed E-state index contributed by atoms with van der Waals surface area (Å²) < 4.78 is 10.7. The van der Waals surface area contributed by atoms with Crippen molar-refractivity contribution in [3.05, 3.63) is 23.8 Å². The van der Waals surface area contributed by atoms with Crippen LogP contribution in [0.1, 0.15) is 45.2 Å². The maximum atomic E-state index is 12.5. The highest BCUT2D eigenvalue weighted by atomic mass is 16.5. The topological polar surface area (TPSA) is 71.0 Å². The van der Waals surface area contributed by atoms with Crippen LogP contribution in [0, 0.1) is 0 Å². The van der Waals surface area contributed by atoms with Crippen LogP contribution in [0.25, 0.3) is 0 Å². The summed E-state index contributed by atoms with van der Waals surface area (Å²) in [6.07, 6.45) is 1.91. The standard InChI is InChI=1S/C19H30N2O4/c1-13(15-11-14(24-4)8-9-16(15)25-5)20-18(22)12-21-10-6-7-17(21)19(2,3)23/h8-9,11,13,17,23H,6-7,10,12H2,1-5H3,(H,20,22)/t13-,17-/m0/s1. The molecule has 0 unspecified atom stereocenters. The zero-order chi connectivity index (χ0) is 18.6. The van der Waals surface area contributed by atoms with E-state index in [2.05, 4.69) is 10.2 Å². The highest BCUT2D eigenvalue weighted by Crippen LogP contribution is 2.30. The number of hydrogen-bond acceptors (Lipinski definition) is 5. The maximum absolute atomic E-state index is 12.5. The number of carbonyl (C=O) groups is 1. The second-order valence-electron chi connectivity index (χ2n) is 7.18. The van der Waals surface area contributed by atoms with Gasteiger partial charge in [-0.1, -0.05) is 0 Å². The van der Waals surface area contributed by atoms with Gasteiger partial charge in [0.2, 0.25) is 5.91 Å². The molecule has 1 amide bonds. The van der Waals surface area contributed by atoms with Gasteiger partial charge < -0.3 is 19.9 Å². The van der Waals surface area contributed by atoms with E-state index in [1.54, 1.807) is 28.1 Å². The Bertz CT molecular complexity index is 598. The number of likely N-dealkylation sites (tertiary alicyclic amines) is 1. The van der Waals surface area contributed by atoms with Gasteiger partial charge in [-0.25, -0.2) is 0 Å². The lowest BCUT2D eigenvalue weighted by molar-refractivity contribution is -0.124. The summed E-state index contributed by atoms with van der Waals surface area (Å²) in [6, 6.07) is 5.34. The van der Waals surface area contributed by atoms with Gasteiger partial charge in [-0.3, -0.25) is 9.69 Å². The van der Waals surface area contributed by atoms with E-state index < -0.39 is 5.60 Å². The second-order valence-corrected chi connectivity index (χ2v) is 7.18. The van der Waals surface area contributed by atoms with Gasteiger partial charge in [-0.15, -0.1) is 0 Å². The van der Waals surface area contributed by atoms with Gasteiger partial charge in [0.25, 0.3) is 0 Å². The van der Waals surface area contributed by atoms with Crippen molar-refractivity contribution in [1.82, 2.24) is 10.2 Å². The minimum Gasteiger partial charge on any atom is -0.497 e. The molecule has 6 nitrogen and oxygen atoms in total. The molecule has 1 aliphatic heterocycles. The van der Waals surface area contributed by atoms with Crippen molar-refractivity contribution in [1.29, 1.82) is 0 Å². The summed E-state index contributed by atoms with van der Waals surface area (Å²) in [5.74, 6) is 1.37. The first-order chi connectivity index (χ1) is 11.8. The number of ether oxygens (including phenoxy) is 2. The molecule has 0 aliphatic carbocycles. The van der Waals surface area contributed by atoms with Crippen LogP contribution in [-0.2, 0) is 4.79 Å². The Morgan fingerprint density at radius 3 is 2.72 bits per heavy atom. The summed E-state index contributed by atoms with van der Waals surface area (Å²) in [6.45, 7) is 6.64. The zero-order valence-corrected chi connectivity index (χ0v) is 15.8. The van der Waals surface area contributed by atoms with Crippen LogP contribution in [0.5, 0.6) is 11.5 Å². The lowest BCUT2D eigenvalue weighted by Gasteiger charge is -2.33. The number of benzene rings is 1. The van der Waals surface area contributed by atoms with Crippen molar-refractivity contribution in [2.45, 2.75) is 51.3 Å². The van der Waals surface area contributed by atoms with Gasteiger partial charge in [0.1, 0.15) is 11.5 Å². The summed E-state index contributed by atoms with van der Waals surface area (Å²) in [5, 5.41) is 13.3. The first-order valence-corrected chi connectivity index (χ1v) is 8.74. The molecule has 0 spiro atoms. The van der Waals surface area contributed by atoms with Crippen LogP contribution in [0.3, 0.4) is 0 Å². The van der Waals surface area contributed by atoms with E-state index >= 15 is 0 Å². The first-order valence-electron chi connectivity index (χ1n) is 8.74. The monoisotopic (exact) mass is 350 g/mol. The van der Waals surface area contributed by atoms with E-state index in [1.807, 2.05) is 25.1 Å². The van der Waals surface area contributed by atoms with Crippen LogP contribution < -0.4 is 14.8 Å². The predicted octanol–water partition coefficient (Wildman–Crippen LogP) is 2.12. The number of aliphatic hydroxyl groups is 1. The Hall–Kier alpha value is -1.79. The van der Waals surface area contributed by atoms with E-state index in [0.29, 0.717) is 5.75 Å². The van der Waals surface area contributed by atoms with Crippen LogP contribution in [0.15, 0.2) is 18.2 Å². The fraction of sp³-hybridized carbons (Fsp3) is 0.632. The minimum atomic E-state index is -0.807. The minimum absolute atomic E-state index is 0.0138. The predicted molar refractivity (Wildman–Crippen MR) is 97.0 cm³/mol. The molecule has 6 heteroatoms. The molecule has 0 saturated carbocycles. The van der Waals surface area contributed by atoms with Crippen molar-refractivity contribution < 1.29 is 19.4 Å². The number of nitrogens with one attached hydrogen (secondary N) is 1. The van der Waals surface area contributed by atoms with Gasteiger partial charge in [-0.05, 0) is 58.4 Å². The second kappa shape index (κ2) is 8.06. The Labute approximate surface area is 150 Å². The number of rotatable bonds is 7. The number of carbonyl (C=O) groups excluding carboxylic acids is 1. The molecule has 0 radical (unpaired) electrons. The summed E-state index contributed by atoms with van der Waals surface area (Å²) >= 11 is 0. The van der Waals surface area contributed by atoms with E-state index in [0.717, 1.165) is 30.7 Å². The molecule has 0 aromatic heterocycles. The number of amides is 1. The zero-order valence-electron chi connectivity index (χ0n) is 15.8. The van der Waals surface area contributed by atoms with Gasteiger partial charge in [0.05, 0.1) is 32.4 Å². The van der Waals surface area contributed by atoms with Crippen LogP contribution in [0.4, 0.5) is 0 Å². The van der Waals surface area contributed by atoms with Crippen molar-refractivity contribution in [2.24, 2.45) is 0 Å². The molecular weight excluding hydrogens is 320 g/mol. The van der Waals surface area contributed by atoms with Crippen molar-refractivity contribution in [3.8, 4) is 11.5 Å². The molecule has 1 aromatic carbocycles. The van der Waals surface area contributed by atoms with Crippen molar-refractivity contribution in [3.63, 3.8) is 0 Å². The fourth-order valence-corrected chi connectivity index (χ4v) is 3.54. The Morgan fingerprint density at radius 2 is 2.12 bits per heavy atom. The third-order valence-corrected chi connectivity index (χ3v) is 4.81. The summed E-state index contributed by atoms with van der Waals surface area (Å²) in [5.41, 5.74) is 0.0639. The van der Waals surface area contributed by atoms with E-state index in [1.165, 1.54) is 0 Å². The smallest absolute Gasteiger partial charge is 0.234 e. The fourth-order valence-electron chi connectivity index (χ4n) is 3.54. The SMILES string of the molecule is COc1ccc(OC)c([C@H](C)NC(=O)CN2CCC[C@H]2C(C)(C)O)c1. The van der Waals surface area contributed by atoms with Crippen LogP contribution >= 0.6 is 0 Å². The maximum Gasteiger partial charge on any atom is 0.234 e. The van der Waals surface area contributed by atoms with E-state index in [9.17, 15) is 9.90 Å². The van der Waals surface area contributed by atoms with E-state index in [4.69, 9.17) is 9.47 Å². The first kappa shape index (κ1) is 19.5. The molecule has 2 rings (SSSR count). The average molecular weight is 350 g/mol. The van der Waals surface area contributed by atoms with Crippen LogP contribution in [0.2, 0.25) is 0 Å². The molecule has 1 aromatic rings. The van der Waals surface area contributed by atoms with Gasteiger partial charge in [0.15, 0.2) is 0 Å². The highest BCUT2D eigenvalue weighted by molar-refractivity contribution is 5.78. The molecule has 25 heavy (non-hydrogen) atoms. The van der Waals surface area contributed by atoms with Gasteiger partial charge in [0, 0.05) is 11.6 Å². The third-order valence-electron chi connectivity index (χ3n) is 4.81. The molecule has 2 N–H and O–H groups in total.